The van der Waals surface area contributed by atoms with E-state index < -0.39 is 40.6 Å². The molecule has 14 heteroatoms. The number of carbonyl (C=O) groups is 3. The van der Waals surface area contributed by atoms with Gasteiger partial charge in [-0.15, -0.1) is 0 Å². The highest BCUT2D eigenvalue weighted by Crippen LogP contribution is 2.32. The number of likely N-dealkylation sites (tertiary alicyclic amines) is 1. The van der Waals surface area contributed by atoms with Gasteiger partial charge in [0.1, 0.15) is 18.5 Å². The number of nitrogens with one attached hydrogen (secondary N) is 4. The van der Waals surface area contributed by atoms with Crippen LogP contribution in [0.25, 0.3) is 0 Å². The summed E-state index contributed by atoms with van der Waals surface area (Å²) in [5.41, 5.74) is 1.61. The molecule has 3 rings (SSSR count). The van der Waals surface area contributed by atoms with Gasteiger partial charge in [0.05, 0.1) is 17.1 Å². The fourth-order valence-corrected chi connectivity index (χ4v) is 7.41. The van der Waals surface area contributed by atoms with Gasteiger partial charge < -0.3 is 30.7 Å². The number of allylic oxidation sites excluding steroid dienone is 4. The van der Waals surface area contributed by atoms with E-state index in [1.54, 1.807) is 31.0 Å². The number of hydrogen-bond acceptors (Lipinski definition) is 8. The van der Waals surface area contributed by atoms with Gasteiger partial charge in [-0.05, 0) is 56.7 Å². The molecule has 0 radical (unpaired) electrons. The number of unbranched alkanes of at least 4 members (excludes halogenated alkanes) is 2. The van der Waals surface area contributed by atoms with E-state index in [9.17, 15) is 27.9 Å². The fourth-order valence-electron chi connectivity index (χ4n) is 5.63. The molecule has 0 bridgehead atoms. The summed E-state index contributed by atoms with van der Waals surface area (Å²) >= 11 is 0. The number of carbonyl (C=O) groups excluding carboxylic acids is 2. The van der Waals surface area contributed by atoms with Gasteiger partial charge in [-0.25, -0.2) is 18.2 Å². The van der Waals surface area contributed by atoms with Gasteiger partial charge in [0.15, 0.2) is 0 Å². The summed E-state index contributed by atoms with van der Waals surface area (Å²) in [4.78, 5) is 43.5. The van der Waals surface area contributed by atoms with Crippen LogP contribution in [0.4, 0.5) is 10.6 Å². The first kappa shape index (κ1) is 35.0. The highest BCUT2D eigenvalue weighted by Gasteiger charge is 2.36. The van der Waals surface area contributed by atoms with Crippen LogP contribution in [0.15, 0.2) is 46.5 Å². The maximum Gasteiger partial charge on any atom is 0.323 e. The number of amides is 3. The molecule has 1 aromatic heterocycles. The number of pyridine rings is 1. The van der Waals surface area contributed by atoms with E-state index in [1.807, 2.05) is 25.1 Å². The molecule has 1 unspecified atom stereocenters. The SMILES string of the molecule is CCCCCNC(=O)N1C[C@H](OCC(=O)NC[C@H](NS(=O)(=O)C2=C(C)C=C(C)CC2C)C(=O)O)C[C@H]1CNc1ccccn1. The second-order valence-electron chi connectivity index (χ2n) is 11.5. The van der Waals surface area contributed by atoms with Crippen molar-refractivity contribution in [1.29, 1.82) is 0 Å². The predicted octanol–water partition coefficient (Wildman–Crippen LogP) is 2.60. The van der Waals surface area contributed by atoms with E-state index in [0.29, 0.717) is 37.3 Å². The normalized spacial score (nSPS) is 21.0. The highest BCUT2D eigenvalue weighted by molar-refractivity contribution is 7.93. The number of hydrogen-bond donors (Lipinski definition) is 5. The Labute approximate surface area is 259 Å². The number of urea groups is 1. The van der Waals surface area contributed by atoms with Crippen molar-refractivity contribution in [2.75, 3.05) is 38.1 Å². The molecular formula is C30H46N6O7S. The number of ether oxygens (including phenoxy) is 1. The van der Waals surface area contributed by atoms with Crippen molar-refractivity contribution in [1.82, 2.24) is 25.2 Å². The molecule has 2 heterocycles. The standard InChI is InChI=1S/C30H46N6O7S/c1-5-6-8-12-32-30(40)36-18-24(15-23(36)16-33-26-10-7-9-11-31-26)43-19-27(37)34-17-25(29(38)39)35-44(41,42)28-21(3)13-20(2)14-22(28)4/h7,9-11,13,22-25,35H,5-6,8,12,14-19H2,1-4H3,(H,31,33)(H,32,40)(H,34,37)(H,38,39)/t22?,23-,24+,25-/m0/s1. The van der Waals surface area contributed by atoms with E-state index in [2.05, 4.69) is 32.6 Å². The Kier molecular flexibility index (Phi) is 13.2. The van der Waals surface area contributed by atoms with Crippen LogP contribution in [0.1, 0.15) is 59.8 Å². The van der Waals surface area contributed by atoms with Crippen molar-refractivity contribution in [2.24, 2.45) is 5.92 Å². The average Bonchev–Trinajstić information content (AvgIpc) is 3.38. The van der Waals surface area contributed by atoms with Crippen LogP contribution in [0.3, 0.4) is 0 Å². The van der Waals surface area contributed by atoms with Crippen LogP contribution in [-0.4, -0.2) is 92.3 Å². The summed E-state index contributed by atoms with van der Waals surface area (Å²) in [7, 11) is -4.11. The van der Waals surface area contributed by atoms with Crippen LogP contribution in [-0.2, 0) is 24.3 Å². The first-order valence-corrected chi connectivity index (χ1v) is 16.6. The van der Waals surface area contributed by atoms with Gasteiger partial charge >= 0.3 is 12.0 Å². The molecule has 44 heavy (non-hydrogen) atoms. The van der Waals surface area contributed by atoms with Gasteiger partial charge in [0.2, 0.25) is 15.9 Å². The summed E-state index contributed by atoms with van der Waals surface area (Å²) < 4.78 is 34.2. The topological polar surface area (TPSA) is 179 Å². The van der Waals surface area contributed by atoms with Crippen molar-refractivity contribution in [3.63, 3.8) is 0 Å². The smallest absolute Gasteiger partial charge is 0.323 e. The van der Waals surface area contributed by atoms with Gasteiger partial charge in [-0.1, -0.05) is 44.4 Å². The number of carboxylic acid groups (broad SMARTS) is 1. The first-order valence-electron chi connectivity index (χ1n) is 15.1. The third kappa shape index (κ3) is 10.3. The number of carboxylic acids is 1. The fraction of sp³-hybridized carbons (Fsp3) is 0.600. The lowest BCUT2D eigenvalue weighted by Gasteiger charge is -2.25. The van der Waals surface area contributed by atoms with E-state index in [-0.39, 0.29) is 36.0 Å². The Morgan fingerprint density at radius 3 is 2.61 bits per heavy atom. The lowest BCUT2D eigenvalue weighted by Crippen LogP contribution is -2.49. The number of aliphatic carboxylic acids is 1. The second kappa shape index (κ2) is 16.5. The summed E-state index contributed by atoms with van der Waals surface area (Å²) in [5.74, 6) is -1.63. The predicted molar refractivity (Wildman–Crippen MR) is 167 cm³/mol. The zero-order valence-corrected chi connectivity index (χ0v) is 26.8. The molecule has 0 aromatic carbocycles. The third-order valence-electron chi connectivity index (χ3n) is 7.64. The maximum atomic E-state index is 13.1. The zero-order chi connectivity index (χ0) is 32.3. The lowest BCUT2D eigenvalue weighted by atomic mass is 9.93. The quantitative estimate of drug-likeness (QED) is 0.171. The zero-order valence-electron chi connectivity index (χ0n) is 26.0. The molecule has 13 nitrogen and oxygen atoms in total. The third-order valence-corrected chi connectivity index (χ3v) is 9.54. The van der Waals surface area contributed by atoms with Gasteiger partial charge in [-0.3, -0.25) is 9.59 Å². The number of rotatable bonds is 16. The molecule has 1 aromatic rings. The molecule has 244 valence electrons. The van der Waals surface area contributed by atoms with Gasteiger partial charge in [-0.2, -0.15) is 4.72 Å². The molecule has 0 saturated carbocycles. The summed E-state index contributed by atoms with van der Waals surface area (Å²) in [5, 5.41) is 18.3. The Morgan fingerprint density at radius 2 is 1.95 bits per heavy atom. The molecule has 1 saturated heterocycles. The molecule has 5 N–H and O–H groups in total. The number of sulfonamides is 1. The van der Waals surface area contributed by atoms with Crippen LogP contribution in [0.2, 0.25) is 0 Å². The Bertz CT molecular complexity index is 1320. The van der Waals surface area contributed by atoms with Crippen LogP contribution < -0.4 is 20.7 Å². The first-order chi connectivity index (χ1) is 20.9. The average molecular weight is 635 g/mol. The van der Waals surface area contributed by atoms with Crippen molar-refractivity contribution >= 4 is 33.7 Å². The molecule has 4 atom stereocenters. The number of aromatic nitrogens is 1. The molecule has 0 spiro atoms. The summed E-state index contributed by atoms with van der Waals surface area (Å²) in [6.07, 6.45) is 7.01. The maximum absolute atomic E-state index is 13.1. The van der Waals surface area contributed by atoms with Crippen LogP contribution >= 0.6 is 0 Å². The van der Waals surface area contributed by atoms with Crippen molar-refractivity contribution in [2.45, 2.75) is 78.0 Å². The summed E-state index contributed by atoms with van der Waals surface area (Å²) in [6.45, 7) is 7.93. The number of anilines is 1. The van der Waals surface area contributed by atoms with Crippen LogP contribution in [0.5, 0.6) is 0 Å². The molecule has 1 aliphatic heterocycles. The van der Waals surface area contributed by atoms with Crippen LogP contribution in [0, 0.1) is 5.92 Å². The van der Waals surface area contributed by atoms with Crippen molar-refractivity contribution in [3.8, 4) is 0 Å². The Morgan fingerprint density at radius 1 is 1.18 bits per heavy atom. The highest BCUT2D eigenvalue weighted by atomic mass is 32.2. The van der Waals surface area contributed by atoms with E-state index in [1.165, 1.54) is 0 Å². The minimum Gasteiger partial charge on any atom is -0.480 e. The molecule has 1 aliphatic carbocycles. The second-order valence-corrected chi connectivity index (χ2v) is 13.2. The monoisotopic (exact) mass is 634 g/mol. The molecule has 1 fully saturated rings. The van der Waals surface area contributed by atoms with E-state index >= 15 is 0 Å². The molecule has 3 amide bonds. The van der Waals surface area contributed by atoms with Gasteiger partial charge in [0, 0.05) is 32.4 Å². The lowest BCUT2D eigenvalue weighted by molar-refractivity contribution is -0.139. The van der Waals surface area contributed by atoms with E-state index in [4.69, 9.17) is 4.74 Å². The Balaban J connectivity index is 1.54. The van der Waals surface area contributed by atoms with E-state index in [0.717, 1.165) is 24.8 Å². The molecule has 2 aliphatic rings. The minimum absolute atomic E-state index is 0.149. The van der Waals surface area contributed by atoms with Crippen molar-refractivity contribution < 1.29 is 32.6 Å². The van der Waals surface area contributed by atoms with Crippen molar-refractivity contribution in [3.05, 3.63) is 46.5 Å². The largest absolute Gasteiger partial charge is 0.480 e. The Hall–Kier alpha value is -3.49. The summed E-state index contributed by atoms with van der Waals surface area (Å²) in [6, 6.07) is 3.53. The number of nitrogens with zero attached hydrogens (tertiary/aromatic N) is 2. The van der Waals surface area contributed by atoms with Gasteiger partial charge in [0.25, 0.3) is 0 Å². The molecular weight excluding hydrogens is 588 g/mol. The minimum atomic E-state index is -4.11.